The van der Waals surface area contributed by atoms with Gasteiger partial charge in [0.1, 0.15) is 5.75 Å². The summed E-state index contributed by atoms with van der Waals surface area (Å²) in [6, 6.07) is 23.6. The second-order valence-corrected chi connectivity index (χ2v) is 10.1. The third-order valence-corrected chi connectivity index (χ3v) is 7.57. The highest BCUT2D eigenvalue weighted by molar-refractivity contribution is 5.31. The minimum Gasteiger partial charge on any atom is -0.497 e. The van der Waals surface area contributed by atoms with Gasteiger partial charge in [-0.2, -0.15) is 5.10 Å². The smallest absolute Gasteiger partial charge is 0.119 e. The van der Waals surface area contributed by atoms with Crippen LogP contribution in [0.2, 0.25) is 0 Å². The summed E-state index contributed by atoms with van der Waals surface area (Å²) in [5, 5.41) is 4.59. The van der Waals surface area contributed by atoms with E-state index in [1.807, 2.05) is 35.4 Å². The normalized spacial score (nSPS) is 15.6. The van der Waals surface area contributed by atoms with Crippen LogP contribution in [-0.2, 0) is 19.5 Å². The third-order valence-electron chi connectivity index (χ3n) is 7.57. The van der Waals surface area contributed by atoms with E-state index >= 15 is 0 Å². The fraction of sp³-hybridized carbons (Fsp3) is 0.355. The van der Waals surface area contributed by atoms with Crippen molar-refractivity contribution < 1.29 is 4.74 Å². The van der Waals surface area contributed by atoms with Crippen molar-refractivity contribution in [2.45, 2.75) is 38.4 Å². The maximum atomic E-state index is 5.50. The zero-order chi connectivity index (χ0) is 25.5. The van der Waals surface area contributed by atoms with Gasteiger partial charge in [0.15, 0.2) is 0 Å². The standard InChI is InChI=1S/C31H37N5O/c1-34(22-25-11-15-32-16-12-25)31(20-26-7-6-10-30(19-26)37-2)28-13-17-35(18-14-28)23-27-21-33-36(24-27)29-8-4-3-5-9-29/h3-12,15-16,19,21,24,28,31H,13-14,17-18,20,22-23H2,1-2H3/t31-/m0/s1. The van der Waals surface area contributed by atoms with Gasteiger partial charge in [0.2, 0.25) is 0 Å². The summed E-state index contributed by atoms with van der Waals surface area (Å²) < 4.78 is 7.48. The van der Waals surface area contributed by atoms with Gasteiger partial charge in [0.05, 0.1) is 19.0 Å². The molecule has 1 aliphatic heterocycles. The Labute approximate surface area is 220 Å². The molecule has 0 radical (unpaired) electrons. The predicted molar refractivity (Wildman–Crippen MR) is 148 cm³/mol. The lowest BCUT2D eigenvalue weighted by Crippen LogP contribution is -2.44. The van der Waals surface area contributed by atoms with Crippen molar-refractivity contribution in [1.82, 2.24) is 24.6 Å². The number of nitrogens with zero attached hydrogens (tertiary/aromatic N) is 5. The van der Waals surface area contributed by atoms with Crippen LogP contribution in [0.3, 0.4) is 0 Å². The lowest BCUT2D eigenvalue weighted by Gasteiger charge is -2.40. The predicted octanol–water partition coefficient (Wildman–Crippen LogP) is 5.23. The van der Waals surface area contributed by atoms with E-state index in [9.17, 15) is 0 Å². The monoisotopic (exact) mass is 495 g/mol. The summed E-state index contributed by atoms with van der Waals surface area (Å²) in [6.07, 6.45) is 11.4. The van der Waals surface area contributed by atoms with E-state index < -0.39 is 0 Å². The molecule has 2 aromatic carbocycles. The molecule has 192 valence electrons. The molecule has 37 heavy (non-hydrogen) atoms. The van der Waals surface area contributed by atoms with Gasteiger partial charge in [-0.15, -0.1) is 0 Å². The van der Waals surface area contributed by atoms with Crippen LogP contribution >= 0.6 is 0 Å². The van der Waals surface area contributed by atoms with E-state index in [1.165, 1.54) is 29.5 Å². The molecule has 0 aliphatic carbocycles. The first-order chi connectivity index (χ1) is 18.2. The number of aromatic nitrogens is 3. The maximum Gasteiger partial charge on any atom is 0.119 e. The van der Waals surface area contributed by atoms with Crippen molar-refractivity contribution in [2.75, 3.05) is 27.2 Å². The van der Waals surface area contributed by atoms with Crippen molar-refractivity contribution in [1.29, 1.82) is 0 Å². The highest BCUT2D eigenvalue weighted by atomic mass is 16.5. The first kappa shape index (κ1) is 25.2. The number of likely N-dealkylation sites (tertiary alicyclic amines) is 1. The van der Waals surface area contributed by atoms with Crippen LogP contribution in [-0.4, -0.2) is 57.9 Å². The van der Waals surface area contributed by atoms with Crippen molar-refractivity contribution in [3.8, 4) is 11.4 Å². The van der Waals surface area contributed by atoms with E-state index in [-0.39, 0.29) is 0 Å². The molecule has 0 spiro atoms. The quantitative estimate of drug-likeness (QED) is 0.301. The maximum absolute atomic E-state index is 5.50. The highest BCUT2D eigenvalue weighted by Crippen LogP contribution is 2.29. The van der Waals surface area contributed by atoms with Crippen molar-refractivity contribution >= 4 is 0 Å². The molecule has 0 N–H and O–H groups in total. The SMILES string of the molecule is COc1cccc(C[C@@H](C2CCN(Cc3cnn(-c4ccccc4)c3)CC2)N(C)Cc2ccncc2)c1. The topological polar surface area (TPSA) is 46.4 Å². The minimum absolute atomic E-state index is 0.461. The van der Waals surface area contributed by atoms with Crippen LogP contribution < -0.4 is 4.74 Å². The zero-order valence-electron chi connectivity index (χ0n) is 21.9. The second-order valence-electron chi connectivity index (χ2n) is 10.1. The summed E-state index contributed by atoms with van der Waals surface area (Å²) in [5.74, 6) is 1.57. The van der Waals surface area contributed by atoms with Crippen LogP contribution in [0.4, 0.5) is 0 Å². The third kappa shape index (κ3) is 6.64. The fourth-order valence-electron chi connectivity index (χ4n) is 5.53. The molecular weight excluding hydrogens is 458 g/mol. The van der Waals surface area contributed by atoms with Crippen LogP contribution in [0.5, 0.6) is 5.75 Å². The molecule has 1 atom stereocenters. The Morgan fingerprint density at radius 2 is 1.73 bits per heavy atom. The lowest BCUT2D eigenvalue weighted by molar-refractivity contribution is 0.0954. The number of methoxy groups -OCH3 is 1. The molecular formula is C31H37N5O. The Bertz CT molecular complexity index is 1230. The van der Waals surface area contributed by atoms with Crippen LogP contribution in [0.15, 0.2) is 91.5 Å². The molecule has 1 fully saturated rings. The zero-order valence-corrected chi connectivity index (χ0v) is 21.9. The first-order valence-electron chi connectivity index (χ1n) is 13.2. The van der Waals surface area contributed by atoms with E-state index in [0.717, 1.165) is 44.0 Å². The van der Waals surface area contributed by atoms with Crippen molar-refractivity contribution in [2.24, 2.45) is 5.92 Å². The molecule has 2 aromatic heterocycles. The average Bonchev–Trinajstić information content (AvgIpc) is 3.42. The Morgan fingerprint density at radius 1 is 0.946 bits per heavy atom. The number of likely N-dealkylation sites (N-methyl/N-ethyl adjacent to an activating group) is 1. The van der Waals surface area contributed by atoms with Crippen LogP contribution in [0, 0.1) is 5.92 Å². The number of para-hydroxylation sites is 1. The number of hydrogen-bond donors (Lipinski definition) is 0. The molecule has 5 rings (SSSR count). The molecule has 0 saturated carbocycles. The van der Waals surface area contributed by atoms with E-state index in [0.29, 0.717) is 12.0 Å². The van der Waals surface area contributed by atoms with Gasteiger partial charge in [-0.1, -0.05) is 30.3 Å². The molecule has 0 unspecified atom stereocenters. The average molecular weight is 496 g/mol. The van der Waals surface area contributed by atoms with Crippen LogP contribution in [0.25, 0.3) is 5.69 Å². The van der Waals surface area contributed by atoms with Crippen molar-refractivity contribution in [3.05, 3.63) is 108 Å². The fourth-order valence-corrected chi connectivity index (χ4v) is 5.53. The molecule has 1 saturated heterocycles. The Morgan fingerprint density at radius 3 is 2.49 bits per heavy atom. The lowest BCUT2D eigenvalue weighted by atomic mass is 9.84. The van der Waals surface area contributed by atoms with Crippen LogP contribution in [0.1, 0.15) is 29.5 Å². The summed E-state index contributed by atoms with van der Waals surface area (Å²) in [4.78, 5) is 9.31. The van der Waals surface area contributed by atoms with E-state index in [2.05, 4.69) is 87.7 Å². The summed E-state index contributed by atoms with van der Waals surface area (Å²) in [5.41, 5.74) is 5.01. The van der Waals surface area contributed by atoms with Gasteiger partial charge in [-0.05, 0) is 92.8 Å². The number of pyridine rings is 1. The van der Waals surface area contributed by atoms with E-state index in [1.54, 1.807) is 7.11 Å². The molecule has 1 aliphatic rings. The largest absolute Gasteiger partial charge is 0.497 e. The summed E-state index contributed by atoms with van der Waals surface area (Å²) in [7, 11) is 4.01. The number of rotatable bonds is 10. The van der Waals surface area contributed by atoms with Crippen molar-refractivity contribution in [3.63, 3.8) is 0 Å². The number of hydrogen-bond acceptors (Lipinski definition) is 5. The van der Waals surface area contributed by atoms with Gasteiger partial charge < -0.3 is 4.74 Å². The Kier molecular flexibility index (Phi) is 8.28. The summed E-state index contributed by atoms with van der Waals surface area (Å²) >= 11 is 0. The number of benzene rings is 2. The van der Waals surface area contributed by atoms with Gasteiger partial charge in [0, 0.05) is 43.3 Å². The van der Waals surface area contributed by atoms with Gasteiger partial charge >= 0.3 is 0 Å². The molecule has 0 amide bonds. The number of ether oxygens (including phenoxy) is 1. The molecule has 6 heteroatoms. The first-order valence-corrected chi connectivity index (χ1v) is 13.2. The van der Waals surface area contributed by atoms with Gasteiger partial charge in [0.25, 0.3) is 0 Å². The van der Waals surface area contributed by atoms with Gasteiger partial charge in [-0.3, -0.25) is 14.8 Å². The Hall–Kier alpha value is -3.48. The molecule has 6 nitrogen and oxygen atoms in total. The second kappa shape index (κ2) is 12.2. The van der Waals surface area contributed by atoms with E-state index in [4.69, 9.17) is 4.74 Å². The Balaban J connectivity index is 1.24. The molecule has 4 aromatic rings. The molecule has 3 heterocycles. The highest BCUT2D eigenvalue weighted by Gasteiger charge is 2.30. The minimum atomic E-state index is 0.461. The van der Waals surface area contributed by atoms with Gasteiger partial charge in [-0.25, -0.2) is 4.68 Å². The molecule has 0 bridgehead atoms. The number of piperidine rings is 1. The summed E-state index contributed by atoms with van der Waals surface area (Å²) in [6.45, 7) is 4.10.